The molecule has 0 radical (unpaired) electrons. The van der Waals surface area contributed by atoms with E-state index in [1.165, 1.54) is 38.8 Å². The van der Waals surface area contributed by atoms with Crippen molar-refractivity contribution < 1.29 is 4.79 Å². The summed E-state index contributed by atoms with van der Waals surface area (Å²) < 4.78 is 0. The van der Waals surface area contributed by atoms with Gasteiger partial charge in [0.15, 0.2) is 0 Å². The highest BCUT2D eigenvalue weighted by molar-refractivity contribution is 7.08. The zero-order chi connectivity index (χ0) is 22.5. The third kappa shape index (κ3) is 5.76. The maximum Gasteiger partial charge on any atom is 0.238 e. The first kappa shape index (κ1) is 22.0. The molecule has 33 heavy (non-hydrogen) atoms. The molecule has 5 rings (SSSR count). The number of nitrogens with one attached hydrogen (secondary N) is 2. The predicted molar refractivity (Wildman–Crippen MR) is 134 cm³/mol. The van der Waals surface area contributed by atoms with Crippen LogP contribution in [0.2, 0.25) is 0 Å². The van der Waals surface area contributed by atoms with Gasteiger partial charge in [0, 0.05) is 41.9 Å². The summed E-state index contributed by atoms with van der Waals surface area (Å²) in [7, 11) is 0. The molecule has 2 fully saturated rings. The van der Waals surface area contributed by atoms with Crippen molar-refractivity contribution in [3.8, 4) is 11.1 Å². The Morgan fingerprint density at radius 3 is 2.64 bits per heavy atom. The van der Waals surface area contributed by atoms with Crippen molar-refractivity contribution in [1.29, 1.82) is 0 Å². The van der Waals surface area contributed by atoms with Crippen LogP contribution in [0, 0.1) is 0 Å². The number of amides is 1. The van der Waals surface area contributed by atoms with Crippen LogP contribution in [0.25, 0.3) is 11.1 Å². The summed E-state index contributed by atoms with van der Waals surface area (Å²) >= 11 is 1.65. The van der Waals surface area contributed by atoms with Crippen LogP contribution in [0.5, 0.6) is 0 Å². The van der Waals surface area contributed by atoms with Crippen molar-refractivity contribution in [2.75, 3.05) is 43.4 Å². The molecule has 0 bridgehead atoms. The van der Waals surface area contributed by atoms with E-state index in [9.17, 15) is 4.79 Å². The van der Waals surface area contributed by atoms with Crippen molar-refractivity contribution in [1.82, 2.24) is 19.8 Å². The average Bonchev–Trinajstić information content (AvgIpc) is 3.59. The molecule has 2 N–H and O–H groups in total. The molecule has 0 spiro atoms. The maximum absolute atomic E-state index is 12.8. The molecular weight excluding hydrogens is 432 g/mol. The van der Waals surface area contributed by atoms with E-state index in [-0.39, 0.29) is 5.91 Å². The fourth-order valence-corrected chi connectivity index (χ4v) is 5.40. The summed E-state index contributed by atoms with van der Waals surface area (Å²) in [6.07, 6.45) is 8.61. The SMILES string of the molecule is O=C(CN1CCCC1CN1CCCC1)Nc1cccc(Nc2ncc(-c3ccsc3)cn2)c1. The number of hydrogen-bond donors (Lipinski definition) is 2. The Morgan fingerprint density at radius 2 is 1.85 bits per heavy atom. The number of rotatable bonds is 8. The Balaban J connectivity index is 1.16. The topological polar surface area (TPSA) is 73.4 Å². The molecule has 1 atom stereocenters. The van der Waals surface area contributed by atoms with Crippen LogP contribution in [0.4, 0.5) is 17.3 Å². The van der Waals surface area contributed by atoms with Crippen LogP contribution in [0.15, 0.2) is 53.5 Å². The number of carbonyl (C=O) groups excluding carboxylic acids is 1. The second kappa shape index (κ2) is 10.4. The van der Waals surface area contributed by atoms with Gasteiger partial charge in [0.25, 0.3) is 0 Å². The van der Waals surface area contributed by atoms with E-state index in [0.717, 1.165) is 35.6 Å². The first-order valence-corrected chi connectivity index (χ1v) is 12.7. The van der Waals surface area contributed by atoms with Gasteiger partial charge < -0.3 is 15.5 Å². The van der Waals surface area contributed by atoms with E-state index in [0.29, 0.717) is 18.5 Å². The monoisotopic (exact) mass is 462 g/mol. The van der Waals surface area contributed by atoms with Crippen molar-refractivity contribution in [3.05, 3.63) is 53.5 Å². The van der Waals surface area contributed by atoms with Crippen LogP contribution in [0.3, 0.4) is 0 Å². The standard InChI is InChI=1S/C25H30N6OS/c32-24(17-31-11-4-7-23(31)16-30-9-1-2-10-30)28-21-5-3-6-22(13-21)29-25-26-14-20(15-27-25)19-8-12-33-18-19/h3,5-6,8,12-15,18,23H,1-2,4,7,9-11,16-17H2,(H,28,32)(H,26,27,29). The summed E-state index contributed by atoms with van der Waals surface area (Å²) in [6.45, 7) is 4.96. The molecule has 0 saturated carbocycles. The number of aromatic nitrogens is 2. The lowest BCUT2D eigenvalue weighted by Crippen LogP contribution is -2.42. The molecule has 1 unspecified atom stereocenters. The average molecular weight is 463 g/mol. The van der Waals surface area contributed by atoms with Gasteiger partial charge in [0.1, 0.15) is 0 Å². The van der Waals surface area contributed by atoms with Gasteiger partial charge in [-0.05, 0) is 85.9 Å². The van der Waals surface area contributed by atoms with Crippen molar-refractivity contribution in [2.24, 2.45) is 0 Å². The highest BCUT2D eigenvalue weighted by Gasteiger charge is 2.28. The van der Waals surface area contributed by atoms with Gasteiger partial charge in [-0.1, -0.05) is 6.07 Å². The number of nitrogens with zero attached hydrogens (tertiary/aromatic N) is 4. The zero-order valence-electron chi connectivity index (χ0n) is 18.7. The van der Waals surface area contributed by atoms with Crippen LogP contribution in [-0.4, -0.2) is 64.4 Å². The molecule has 0 aliphatic carbocycles. The fourth-order valence-electron chi connectivity index (χ4n) is 4.73. The lowest BCUT2D eigenvalue weighted by Gasteiger charge is -2.27. The number of carbonyl (C=O) groups is 1. The van der Waals surface area contributed by atoms with Gasteiger partial charge in [-0.25, -0.2) is 9.97 Å². The molecule has 172 valence electrons. The second-order valence-corrected chi connectivity index (χ2v) is 9.62. The van der Waals surface area contributed by atoms with Gasteiger partial charge in [-0.15, -0.1) is 0 Å². The van der Waals surface area contributed by atoms with Crippen LogP contribution < -0.4 is 10.6 Å². The van der Waals surface area contributed by atoms with Gasteiger partial charge in [0.05, 0.1) is 6.54 Å². The minimum Gasteiger partial charge on any atom is -0.325 e. The summed E-state index contributed by atoms with van der Waals surface area (Å²) in [5, 5.41) is 10.4. The number of hydrogen-bond acceptors (Lipinski definition) is 7. The Labute approximate surface area is 198 Å². The summed E-state index contributed by atoms with van der Waals surface area (Å²) in [5.41, 5.74) is 3.73. The third-order valence-electron chi connectivity index (χ3n) is 6.42. The highest BCUT2D eigenvalue weighted by Crippen LogP contribution is 2.23. The van der Waals surface area contributed by atoms with Crippen LogP contribution >= 0.6 is 11.3 Å². The molecule has 1 amide bonds. The number of likely N-dealkylation sites (tertiary alicyclic amines) is 2. The maximum atomic E-state index is 12.8. The van der Waals surface area contributed by atoms with E-state index in [1.54, 1.807) is 11.3 Å². The first-order valence-electron chi connectivity index (χ1n) is 11.7. The molecule has 7 nitrogen and oxygen atoms in total. The van der Waals surface area contributed by atoms with Crippen molar-refractivity contribution in [2.45, 2.75) is 31.7 Å². The quantitative estimate of drug-likeness (QED) is 0.515. The molecule has 2 aliphatic heterocycles. The van der Waals surface area contributed by atoms with Gasteiger partial charge in [-0.2, -0.15) is 11.3 Å². The summed E-state index contributed by atoms with van der Waals surface area (Å²) in [4.78, 5) is 26.5. The number of anilines is 3. The molecule has 2 saturated heterocycles. The first-order chi connectivity index (χ1) is 16.2. The molecule has 3 aromatic rings. The molecule has 4 heterocycles. The highest BCUT2D eigenvalue weighted by atomic mass is 32.1. The van der Waals surface area contributed by atoms with Crippen molar-refractivity contribution >= 4 is 34.6 Å². The lowest BCUT2D eigenvalue weighted by molar-refractivity contribution is -0.117. The van der Waals surface area contributed by atoms with E-state index in [1.807, 2.05) is 42.0 Å². The van der Waals surface area contributed by atoms with E-state index >= 15 is 0 Å². The minimum absolute atomic E-state index is 0.0387. The van der Waals surface area contributed by atoms with Gasteiger partial charge in [0.2, 0.25) is 11.9 Å². The van der Waals surface area contributed by atoms with E-state index in [4.69, 9.17) is 0 Å². The number of benzene rings is 1. The lowest BCUT2D eigenvalue weighted by atomic mass is 10.2. The van der Waals surface area contributed by atoms with Crippen LogP contribution in [0.1, 0.15) is 25.7 Å². The minimum atomic E-state index is 0.0387. The third-order valence-corrected chi connectivity index (χ3v) is 7.11. The largest absolute Gasteiger partial charge is 0.325 e. The van der Waals surface area contributed by atoms with Crippen molar-refractivity contribution in [3.63, 3.8) is 0 Å². The predicted octanol–water partition coefficient (Wildman–Crippen LogP) is 4.45. The molecule has 2 aliphatic rings. The Hall–Kier alpha value is -2.81. The van der Waals surface area contributed by atoms with E-state index in [2.05, 4.69) is 41.8 Å². The fraction of sp³-hybridized carbons (Fsp3) is 0.400. The van der Waals surface area contributed by atoms with Crippen LogP contribution in [-0.2, 0) is 4.79 Å². The summed E-state index contributed by atoms with van der Waals surface area (Å²) in [6, 6.07) is 10.2. The Morgan fingerprint density at radius 1 is 1.03 bits per heavy atom. The molecule has 8 heteroatoms. The molecule has 1 aromatic carbocycles. The van der Waals surface area contributed by atoms with Gasteiger partial charge >= 0.3 is 0 Å². The normalized spacial score (nSPS) is 19.1. The number of thiophene rings is 1. The zero-order valence-corrected chi connectivity index (χ0v) is 19.6. The molecule has 2 aromatic heterocycles. The molecular formula is C25H30N6OS. The summed E-state index contributed by atoms with van der Waals surface area (Å²) in [5.74, 6) is 0.566. The Bertz CT molecular complexity index is 1050. The van der Waals surface area contributed by atoms with Gasteiger partial charge in [-0.3, -0.25) is 9.69 Å². The second-order valence-electron chi connectivity index (χ2n) is 8.84. The Kier molecular flexibility index (Phi) is 6.95. The van der Waals surface area contributed by atoms with E-state index < -0.39 is 0 Å². The smallest absolute Gasteiger partial charge is 0.238 e.